The van der Waals surface area contributed by atoms with Gasteiger partial charge in [0, 0.05) is 10.4 Å². The zero-order valence-corrected chi connectivity index (χ0v) is 15.9. The van der Waals surface area contributed by atoms with Crippen molar-refractivity contribution in [1.29, 1.82) is 0 Å². The molecule has 3 heterocycles. The van der Waals surface area contributed by atoms with Crippen LogP contribution in [-0.4, -0.2) is 20.2 Å². The van der Waals surface area contributed by atoms with Crippen LogP contribution in [0.1, 0.15) is 22.2 Å². The lowest BCUT2D eigenvalue weighted by molar-refractivity contribution is 0.528. The zero-order valence-electron chi connectivity index (χ0n) is 14.3. The van der Waals surface area contributed by atoms with E-state index in [9.17, 15) is 4.79 Å². The minimum absolute atomic E-state index is 0.0726. The molecule has 0 spiro atoms. The molecule has 0 atom stereocenters. The highest BCUT2D eigenvalue weighted by Crippen LogP contribution is 2.26. The molecule has 0 radical (unpaired) electrons. The van der Waals surface area contributed by atoms with E-state index in [2.05, 4.69) is 20.2 Å². The third kappa shape index (κ3) is 3.30. The number of rotatable bonds is 5. The Labute approximate surface area is 157 Å². The maximum Gasteiger partial charge on any atom is 0.259 e. The predicted octanol–water partition coefficient (Wildman–Crippen LogP) is 4.08. The van der Waals surface area contributed by atoms with Crippen LogP contribution >= 0.6 is 23.1 Å². The van der Waals surface area contributed by atoms with E-state index in [1.807, 2.05) is 44.2 Å². The van der Waals surface area contributed by atoms with Crippen LogP contribution < -0.4 is 5.56 Å². The lowest BCUT2D eigenvalue weighted by atomic mass is 10.2. The van der Waals surface area contributed by atoms with Gasteiger partial charge in [-0.15, -0.1) is 33.3 Å². The summed E-state index contributed by atoms with van der Waals surface area (Å²) in [6, 6.07) is 9.66. The number of nitrogens with one attached hydrogen (secondary N) is 1. The molecule has 0 aliphatic heterocycles. The first-order valence-electron chi connectivity index (χ1n) is 8.06. The smallest absolute Gasteiger partial charge is 0.259 e. The van der Waals surface area contributed by atoms with Crippen LogP contribution in [-0.2, 0) is 11.5 Å². The van der Waals surface area contributed by atoms with E-state index in [0.29, 0.717) is 34.5 Å². The number of nitrogens with zero attached hydrogens (tertiary/aromatic N) is 3. The van der Waals surface area contributed by atoms with Crippen molar-refractivity contribution in [2.75, 3.05) is 0 Å². The molecule has 1 aromatic carbocycles. The van der Waals surface area contributed by atoms with Gasteiger partial charge >= 0.3 is 0 Å². The van der Waals surface area contributed by atoms with Crippen molar-refractivity contribution < 1.29 is 4.42 Å². The van der Waals surface area contributed by atoms with Crippen molar-refractivity contribution in [3.8, 4) is 11.5 Å². The molecule has 4 rings (SSSR count). The predicted molar refractivity (Wildman–Crippen MR) is 104 cm³/mol. The second kappa shape index (κ2) is 7.05. The Kier molecular flexibility index (Phi) is 4.60. The number of fused-ring (bicyclic) bond motifs is 1. The summed E-state index contributed by atoms with van der Waals surface area (Å²) in [4.78, 5) is 21.7. The Bertz CT molecular complexity index is 1120. The number of H-pyrrole nitrogens is 1. The maximum absolute atomic E-state index is 12.3. The number of benzene rings is 1. The van der Waals surface area contributed by atoms with Gasteiger partial charge in [0.2, 0.25) is 11.8 Å². The zero-order chi connectivity index (χ0) is 18.1. The molecule has 4 aromatic rings. The van der Waals surface area contributed by atoms with Crippen LogP contribution in [0, 0.1) is 13.8 Å². The van der Waals surface area contributed by atoms with E-state index < -0.39 is 0 Å². The summed E-state index contributed by atoms with van der Waals surface area (Å²) in [5.41, 5.74) is 1.84. The van der Waals surface area contributed by atoms with Crippen LogP contribution in [0.25, 0.3) is 21.7 Å². The quantitative estimate of drug-likeness (QED) is 0.558. The Balaban J connectivity index is 1.45. The van der Waals surface area contributed by atoms with Crippen LogP contribution in [0.2, 0.25) is 0 Å². The highest BCUT2D eigenvalue weighted by Gasteiger charge is 2.12. The number of hydrogen-bond donors (Lipinski definition) is 1. The molecule has 0 amide bonds. The lowest BCUT2D eigenvalue weighted by Crippen LogP contribution is -2.10. The van der Waals surface area contributed by atoms with Gasteiger partial charge in [-0.1, -0.05) is 18.2 Å². The molecule has 0 aliphatic carbocycles. The second-order valence-electron chi connectivity index (χ2n) is 5.84. The summed E-state index contributed by atoms with van der Waals surface area (Å²) < 4.78 is 5.69. The fourth-order valence-electron chi connectivity index (χ4n) is 2.61. The molecule has 0 saturated carbocycles. The summed E-state index contributed by atoms with van der Waals surface area (Å²) in [5.74, 6) is 2.87. The number of thiophene rings is 1. The first kappa shape index (κ1) is 17.0. The molecule has 0 fully saturated rings. The number of thioether (sulfide) groups is 1. The van der Waals surface area contributed by atoms with Gasteiger partial charge in [0.05, 0.1) is 16.9 Å². The number of aryl methyl sites for hydroxylation is 2. The molecule has 0 bridgehead atoms. The van der Waals surface area contributed by atoms with Crippen molar-refractivity contribution >= 4 is 33.3 Å². The third-order valence-electron chi connectivity index (χ3n) is 4.04. The first-order chi connectivity index (χ1) is 12.6. The van der Waals surface area contributed by atoms with Crippen LogP contribution in [0.15, 0.2) is 39.5 Å². The normalized spacial score (nSPS) is 11.3. The molecule has 132 valence electrons. The van der Waals surface area contributed by atoms with Gasteiger partial charge < -0.3 is 9.40 Å². The Morgan fingerprint density at radius 2 is 1.96 bits per heavy atom. The van der Waals surface area contributed by atoms with E-state index in [0.717, 1.165) is 20.8 Å². The number of hydrogen-bond acceptors (Lipinski definition) is 7. The third-order valence-corrected chi connectivity index (χ3v) is 6.07. The Morgan fingerprint density at radius 3 is 2.77 bits per heavy atom. The van der Waals surface area contributed by atoms with Crippen molar-refractivity contribution in [3.05, 3.63) is 62.8 Å². The van der Waals surface area contributed by atoms with Crippen molar-refractivity contribution in [2.24, 2.45) is 0 Å². The minimum atomic E-state index is -0.0726. The van der Waals surface area contributed by atoms with Crippen LogP contribution in [0.3, 0.4) is 0 Å². The molecule has 1 N–H and O–H groups in total. The molecule has 8 heteroatoms. The summed E-state index contributed by atoms with van der Waals surface area (Å²) in [6.45, 7) is 3.97. The summed E-state index contributed by atoms with van der Waals surface area (Å²) >= 11 is 3.13. The van der Waals surface area contributed by atoms with Crippen molar-refractivity contribution in [2.45, 2.75) is 25.4 Å². The van der Waals surface area contributed by atoms with Crippen LogP contribution in [0.4, 0.5) is 0 Å². The average Bonchev–Trinajstić information content (AvgIpc) is 3.21. The fraction of sp³-hybridized carbons (Fsp3) is 0.222. The highest BCUT2D eigenvalue weighted by molar-refractivity contribution is 7.97. The molecule has 0 unspecified atom stereocenters. The second-order valence-corrected chi connectivity index (χ2v) is 8.02. The van der Waals surface area contributed by atoms with Gasteiger partial charge in [-0.25, -0.2) is 4.98 Å². The molecule has 0 saturated heterocycles. The largest absolute Gasteiger partial charge is 0.420 e. The van der Waals surface area contributed by atoms with Gasteiger partial charge in [0.25, 0.3) is 5.56 Å². The summed E-state index contributed by atoms with van der Waals surface area (Å²) in [7, 11) is 0. The van der Waals surface area contributed by atoms with Gasteiger partial charge in [-0.05, 0) is 31.5 Å². The van der Waals surface area contributed by atoms with Gasteiger partial charge in [0.1, 0.15) is 10.7 Å². The fourth-order valence-corrected chi connectivity index (χ4v) is 4.38. The summed E-state index contributed by atoms with van der Waals surface area (Å²) in [6.07, 6.45) is 0. The van der Waals surface area contributed by atoms with E-state index in [1.54, 1.807) is 23.1 Å². The van der Waals surface area contributed by atoms with E-state index in [4.69, 9.17) is 4.42 Å². The maximum atomic E-state index is 12.3. The average molecular weight is 384 g/mol. The highest BCUT2D eigenvalue weighted by atomic mass is 32.2. The molecule has 0 aliphatic rings. The monoisotopic (exact) mass is 384 g/mol. The standard InChI is InChI=1S/C18H16N4O2S2/c1-10-11(2)26-18-15(10)16(23)19-13(20-18)8-25-9-14-21-22-17(24-14)12-6-4-3-5-7-12/h3-7H,8-9H2,1-2H3,(H,19,20,23). The van der Waals surface area contributed by atoms with Crippen LogP contribution in [0.5, 0.6) is 0 Å². The molecular weight excluding hydrogens is 368 g/mol. The van der Waals surface area contributed by atoms with Gasteiger partial charge in [-0.2, -0.15) is 0 Å². The van der Waals surface area contributed by atoms with E-state index in [-0.39, 0.29) is 5.56 Å². The van der Waals surface area contributed by atoms with Crippen molar-refractivity contribution in [3.63, 3.8) is 0 Å². The topological polar surface area (TPSA) is 84.7 Å². The SMILES string of the molecule is Cc1sc2nc(CSCc3nnc(-c4ccccc4)o3)[nH]c(=O)c2c1C. The first-order valence-corrected chi connectivity index (χ1v) is 10.0. The minimum Gasteiger partial charge on any atom is -0.420 e. The van der Waals surface area contributed by atoms with E-state index >= 15 is 0 Å². The molecule has 26 heavy (non-hydrogen) atoms. The number of aromatic nitrogens is 4. The summed E-state index contributed by atoms with van der Waals surface area (Å²) in [5, 5.41) is 8.86. The van der Waals surface area contributed by atoms with Gasteiger partial charge in [-0.3, -0.25) is 4.79 Å². The van der Waals surface area contributed by atoms with Gasteiger partial charge in [0.15, 0.2) is 0 Å². The molecular formula is C18H16N4O2S2. The van der Waals surface area contributed by atoms with Crippen molar-refractivity contribution in [1.82, 2.24) is 20.2 Å². The number of aromatic amines is 1. The molecule has 3 aromatic heterocycles. The lowest BCUT2D eigenvalue weighted by Gasteiger charge is -2.00. The Morgan fingerprint density at radius 1 is 1.15 bits per heavy atom. The Hall–Kier alpha value is -2.45. The van der Waals surface area contributed by atoms with E-state index in [1.165, 1.54) is 0 Å². The molecule has 6 nitrogen and oxygen atoms in total.